The van der Waals surface area contributed by atoms with Crippen LogP contribution in [-0.2, 0) is 14.3 Å². The van der Waals surface area contributed by atoms with Crippen molar-refractivity contribution in [2.24, 2.45) is 74.9 Å². The number of esters is 1. The second kappa shape index (κ2) is 10.5. The fourth-order valence-electron chi connectivity index (χ4n) is 14.2. The molecular formula is C39H62O5. The molecule has 44 heavy (non-hydrogen) atoms. The Morgan fingerprint density at radius 1 is 0.659 bits per heavy atom. The lowest BCUT2D eigenvalue weighted by atomic mass is 9.44. The van der Waals surface area contributed by atoms with Gasteiger partial charge >= 0.3 is 5.97 Å². The number of ketones is 1. The van der Waals surface area contributed by atoms with E-state index in [1.807, 2.05) is 0 Å². The maximum atomic E-state index is 12.2. The van der Waals surface area contributed by atoms with Crippen LogP contribution in [0, 0.1) is 74.9 Å². The van der Waals surface area contributed by atoms with Crippen molar-refractivity contribution in [3.8, 4) is 0 Å². The molecule has 7 saturated carbocycles. The molecule has 0 unspecified atom stereocenters. The minimum atomic E-state index is -0.501. The summed E-state index contributed by atoms with van der Waals surface area (Å²) in [7, 11) is 0. The van der Waals surface area contributed by atoms with Gasteiger partial charge in [-0.3, -0.25) is 9.59 Å². The zero-order valence-electron chi connectivity index (χ0n) is 28.7. The molecule has 0 aromatic carbocycles. The molecule has 0 aromatic heterocycles. The van der Waals surface area contributed by atoms with Crippen molar-refractivity contribution in [2.75, 3.05) is 6.61 Å². The quantitative estimate of drug-likeness (QED) is 0.274. The molecule has 1 aliphatic heterocycles. The predicted molar refractivity (Wildman–Crippen MR) is 171 cm³/mol. The van der Waals surface area contributed by atoms with Crippen molar-refractivity contribution in [3.05, 3.63) is 0 Å². The lowest BCUT2D eigenvalue weighted by Gasteiger charge is -2.60. The van der Waals surface area contributed by atoms with Gasteiger partial charge in [0, 0.05) is 24.2 Å². The first kappa shape index (κ1) is 31.6. The van der Waals surface area contributed by atoms with Gasteiger partial charge in [0.2, 0.25) is 0 Å². The molecule has 15 atom stereocenters. The molecule has 7 aliphatic carbocycles. The molecule has 8 rings (SSSR count). The van der Waals surface area contributed by atoms with Crippen molar-refractivity contribution in [1.82, 2.24) is 0 Å². The Morgan fingerprint density at radius 2 is 1.25 bits per heavy atom. The number of hydrogen-bond acceptors (Lipinski definition) is 5. The van der Waals surface area contributed by atoms with Gasteiger partial charge in [0.15, 0.2) is 0 Å². The number of Topliss-reactive ketones (excluding diaryl/α,β-unsaturated/α-hetero) is 1. The van der Waals surface area contributed by atoms with Crippen molar-refractivity contribution in [2.45, 2.75) is 150 Å². The van der Waals surface area contributed by atoms with Crippen LogP contribution in [0.2, 0.25) is 0 Å². The van der Waals surface area contributed by atoms with Crippen LogP contribution >= 0.6 is 0 Å². The third-order valence-electron chi connectivity index (χ3n) is 17.3. The van der Waals surface area contributed by atoms with Crippen LogP contribution in [0.4, 0.5) is 0 Å². The molecule has 1 saturated heterocycles. The van der Waals surface area contributed by atoms with Crippen molar-refractivity contribution in [3.63, 3.8) is 0 Å². The number of aliphatic hydroxyl groups excluding tert-OH is 1. The van der Waals surface area contributed by atoms with E-state index >= 15 is 0 Å². The van der Waals surface area contributed by atoms with Gasteiger partial charge in [-0.2, -0.15) is 0 Å². The fourth-order valence-corrected chi connectivity index (χ4v) is 14.2. The summed E-state index contributed by atoms with van der Waals surface area (Å²) >= 11 is 0. The Morgan fingerprint density at radius 3 is 1.98 bits per heavy atom. The number of hydrogen-bond donors (Lipinski definition) is 2. The van der Waals surface area contributed by atoms with Crippen LogP contribution in [0.5, 0.6) is 0 Å². The number of rotatable bonds is 0. The molecule has 0 radical (unpaired) electrons. The van der Waals surface area contributed by atoms with Crippen molar-refractivity contribution >= 4 is 11.8 Å². The number of cyclic esters (lactones) is 1. The summed E-state index contributed by atoms with van der Waals surface area (Å²) in [5, 5.41) is 21.4. The first-order chi connectivity index (χ1) is 20.6. The Hall–Kier alpha value is -0.940. The number of carbonyl (C=O) groups is 2. The van der Waals surface area contributed by atoms with Gasteiger partial charge in [0.1, 0.15) is 5.78 Å². The van der Waals surface area contributed by atoms with E-state index in [4.69, 9.17) is 4.74 Å². The molecule has 0 amide bonds. The molecular weight excluding hydrogens is 548 g/mol. The highest BCUT2D eigenvalue weighted by Gasteiger charge is 2.64. The van der Waals surface area contributed by atoms with E-state index in [-0.39, 0.29) is 34.2 Å². The third kappa shape index (κ3) is 4.42. The minimum absolute atomic E-state index is 0.00497. The van der Waals surface area contributed by atoms with Crippen LogP contribution in [0.25, 0.3) is 0 Å². The molecule has 8 fully saturated rings. The molecule has 8 aliphatic rings. The van der Waals surface area contributed by atoms with Crippen molar-refractivity contribution in [1.29, 1.82) is 0 Å². The smallest absolute Gasteiger partial charge is 0.306 e. The third-order valence-corrected chi connectivity index (χ3v) is 17.3. The normalized spacial score (nSPS) is 57.7. The summed E-state index contributed by atoms with van der Waals surface area (Å²) in [6, 6.07) is 0. The van der Waals surface area contributed by atoms with Crippen LogP contribution in [0.15, 0.2) is 0 Å². The average molecular weight is 611 g/mol. The Balaban J connectivity index is 0.000000142. The van der Waals surface area contributed by atoms with E-state index in [2.05, 4.69) is 41.5 Å². The number of aliphatic hydroxyl groups is 2. The summed E-state index contributed by atoms with van der Waals surface area (Å²) < 4.78 is 5.49. The molecule has 248 valence electrons. The summed E-state index contributed by atoms with van der Waals surface area (Å²) in [5.74, 6) is 6.29. The maximum Gasteiger partial charge on any atom is 0.306 e. The van der Waals surface area contributed by atoms with E-state index in [0.29, 0.717) is 53.8 Å². The molecule has 0 aromatic rings. The summed E-state index contributed by atoms with van der Waals surface area (Å²) in [6.07, 6.45) is 16.6. The zero-order chi connectivity index (χ0) is 31.4. The largest absolute Gasteiger partial charge is 0.465 e. The van der Waals surface area contributed by atoms with Gasteiger partial charge in [-0.25, -0.2) is 0 Å². The Bertz CT molecular complexity index is 1160. The van der Waals surface area contributed by atoms with Crippen LogP contribution < -0.4 is 0 Å². The fraction of sp³-hybridized carbons (Fsp3) is 0.949. The first-order valence-corrected chi connectivity index (χ1v) is 18.7. The zero-order valence-corrected chi connectivity index (χ0v) is 28.7. The molecule has 5 nitrogen and oxygen atoms in total. The van der Waals surface area contributed by atoms with Gasteiger partial charge in [-0.1, -0.05) is 34.6 Å². The second-order valence-corrected chi connectivity index (χ2v) is 18.9. The van der Waals surface area contributed by atoms with Gasteiger partial charge in [-0.15, -0.1) is 0 Å². The second-order valence-electron chi connectivity index (χ2n) is 18.9. The molecule has 0 spiro atoms. The Kier molecular flexibility index (Phi) is 7.57. The highest BCUT2D eigenvalue weighted by atomic mass is 16.5. The SMILES string of the molecule is C[C@@H]1C[C@@]2(C)[C@@H](CC[C@@H]3[C@@H]2CC[C@]2(C)[C@@H](O)CC[C@@H]32)CC1=O.C[C@]12COC(=O)C[C@@H]1CC[C@@H]1[C@@H]2CC[C@@]2(C)[C@H]1CC[C@]2(C)O. The molecule has 0 bridgehead atoms. The van der Waals surface area contributed by atoms with E-state index in [0.717, 1.165) is 49.9 Å². The van der Waals surface area contributed by atoms with E-state index in [1.54, 1.807) is 0 Å². The van der Waals surface area contributed by atoms with Crippen LogP contribution in [-0.4, -0.2) is 40.3 Å². The van der Waals surface area contributed by atoms with E-state index in [9.17, 15) is 19.8 Å². The number of carbonyl (C=O) groups excluding carboxylic acids is 2. The first-order valence-electron chi connectivity index (χ1n) is 18.7. The van der Waals surface area contributed by atoms with Crippen molar-refractivity contribution < 1.29 is 24.5 Å². The van der Waals surface area contributed by atoms with Gasteiger partial charge < -0.3 is 14.9 Å². The Labute approximate surface area is 267 Å². The molecule has 2 N–H and O–H groups in total. The topological polar surface area (TPSA) is 83.8 Å². The summed E-state index contributed by atoms with van der Waals surface area (Å²) in [6.45, 7) is 14.4. The minimum Gasteiger partial charge on any atom is -0.465 e. The number of fused-ring (bicyclic) bond motifs is 10. The van der Waals surface area contributed by atoms with Crippen LogP contribution in [0.1, 0.15) is 138 Å². The summed E-state index contributed by atoms with van der Waals surface area (Å²) in [5.41, 5.74) is 0.320. The van der Waals surface area contributed by atoms with Crippen LogP contribution in [0.3, 0.4) is 0 Å². The lowest BCUT2D eigenvalue weighted by Crippen LogP contribution is -2.57. The number of ether oxygens (including phenoxy) is 1. The highest BCUT2D eigenvalue weighted by molar-refractivity contribution is 5.82. The van der Waals surface area contributed by atoms with Gasteiger partial charge in [-0.05, 0) is 154 Å². The molecule has 1 heterocycles. The van der Waals surface area contributed by atoms with Gasteiger partial charge in [0.25, 0.3) is 0 Å². The maximum absolute atomic E-state index is 12.2. The predicted octanol–water partition coefficient (Wildman–Crippen LogP) is 7.75. The highest BCUT2D eigenvalue weighted by Crippen LogP contribution is 2.68. The monoisotopic (exact) mass is 610 g/mol. The van der Waals surface area contributed by atoms with E-state index in [1.165, 1.54) is 57.8 Å². The van der Waals surface area contributed by atoms with Gasteiger partial charge in [0.05, 0.1) is 18.3 Å². The summed E-state index contributed by atoms with van der Waals surface area (Å²) in [4.78, 5) is 23.9. The molecule has 5 heteroatoms. The van der Waals surface area contributed by atoms with E-state index < -0.39 is 5.60 Å². The lowest BCUT2D eigenvalue weighted by molar-refractivity contribution is -0.186. The average Bonchev–Trinajstić information content (AvgIpc) is 3.41. The standard InChI is InChI=1S/C20H32O2.C19H30O3/c1-12-11-20(3)13(10-17(12)21)4-5-14-15-6-7-18(22)19(15,2)9-8-16(14)20;1-17-11-22-16(20)10-12(17)4-5-13-14(17)6-8-18(2)15(13)7-9-19(18,3)21/h12-16,18,22H,4-11H2,1-3H3;12-15,21H,4-11H2,1-3H3/t12-,13+,14+,15+,16+,18+,19+,20+;12-,13+,14-,15-,17-,18-,19-/m10/s1.